The Morgan fingerprint density at radius 2 is 2.30 bits per heavy atom. The standard InChI is InChI=1S/C7H16N2O/c1-3-9-7(2)4-5-8-6-10/h8-10H,2-6H2,1H3. The Morgan fingerprint density at radius 3 is 2.80 bits per heavy atom. The van der Waals surface area contributed by atoms with Crippen molar-refractivity contribution in [3.63, 3.8) is 0 Å². The first-order valence-electron chi connectivity index (χ1n) is 3.54. The Hall–Kier alpha value is -0.540. The van der Waals surface area contributed by atoms with Crippen molar-refractivity contribution in [1.29, 1.82) is 0 Å². The molecule has 0 aromatic heterocycles. The molecular formula is C7H16N2O. The van der Waals surface area contributed by atoms with Gasteiger partial charge in [0.05, 0.1) is 6.73 Å². The summed E-state index contributed by atoms with van der Waals surface area (Å²) in [6, 6.07) is 0. The van der Waals surface area contributed by atoms with E-state index in [1.165, 1.54) is 0 Å². The van der Waals surface area contributed by atoms with Crippen LogP contribution in [0.4, 0.5) is 0 Å². The Balaban J connectivity index is 3.05. The molecule has 0 aromatic rings. The largest absolute Gasteiger partial charge is 0.389 e. The zero-order valence-electron chi connectivity index (χ0n) is 6.48. The van der Waals surface area contributed by atoms with Crippen molar-refractivity contribution >= 4 is 0 Å². The van der Waals surface area contributed by atoms with E-state index in [-0.39, 0.29) is 6.73 Å². The van der Waals surface area contributed by atoms with E-state index in [0.717, 1.165) is 25.2 Å². The van der Waals surface area contributed by atoms with Crippen LogP contribution in [0.25, 0.3) is 0 Å². The van der Waals surface area contributed by atoms with Crippen LogP contribution in [-0.2, 0) is 0 Å². The highest BCUT2D eigenvalue weighted by Gasteiger charge is 1.89. The van der Waals surface area contributed by atoms with Crippen molar-refractivity contribution in [2.45, 2.75) is 13.3 Å². The summed E-state index contributed by atoms with van der Waals surface area (Å²) in [5.74, 6) is 0. The molecule has 0 heterocycles. The third kappa shape index (κ3) is 5.59. The second kappa shape index (κ2) is 6.58. The Morgan fingerprint density at radius 1 is 1.60 bits per heavy atom. The van der Waals surface area contributed by atoms with Crippen LogP contribution in [0.2, 0.25) is 0 Å². The molecule has 0 unspecified atom stereocenters. The van der Waals surface area contributed by atoms with Crippen LogP contribution < -0.4 is 10.6 Å². The molecule has 0 amide bonds. The number of hydrogen-bond acceptors (Lipinski definition) is 3. The molecule has 0 saturated carbocycles. The molecule has 0 rings (SSSR count). The van der Waals surface area contributed by atoms with E-state index in [1.54, 1.807) is 0 Å². The van der Waals surface area contributed by atoms with Gasteiger partial charge in [0.2, 0.25) is 0 Å². The lowest BCUT2D eigenvalue weighted by atomic mass is 10.3. The van der Waals surface area contributed by atoms with Crippen molar-refractivity contribution in [3.8, 4) is 0 Å². The fourth-order valence-corrected chi connectivity index (χ4v) is 0.657. The van der Waals surface area contributed by atoms with E-state index in [4.69, 9.17) is 5.11 Å². The van der Waals surface area contributed by atoms with E-state index in [0.29, 0.717) is 0 Å². The zero-order valence-corrected chi connectivity index (χ0v) is 6.48. The molecule has 60 valence electrons. The Labute approximate surface area is 62.1 Å². The monoisotopic (exact) mass is 144 g/mol. The minimum atomic E-state index is 0.0411. The van der Waals surface area contributed by atoms with Gasteiger partial charge in [0.1, 0.15) is 0 Å². The van der Waals surface area contributed by atoms with Crippen molar-refractivity contribution in [3.05, 3.63) is 12.3 Å². The van der Waals surface area contributed by atoms with Gasteiger partial charge in [0, 0.05) is 18.8 Å². The summed E-state index contributed by atoms with van der Waals surface area (Å²) in [6.45, 7) is 7.55. The van der Waals surface area contributed by atoms with Crippen LogP contribution in [0.15, 0.2) is 12.3 Å². The zero-order chi connectivity index (χ0) is 7.82. The van der Waals surface area contributed by atoms with Crippen molar-refractivity contribution in [1.82, 2.24) is 10.6 Å². The lowest BCUT2D eigenvalue weighted by molar-refractivity contribution is 0.261. The van der Waals surface area contributed by atoms with Gasteiger partial charge in [-0.2, -0.15) is 0 Å². The SMILES string of the molecule is C=C(CCNCO)NCC. The molecule has 0 spiro atoms. The average molecular weight is 144 g/mol. The van der Waals surface area contributed by atoms with Crippen molar-refractivity contribution in [2.75, 3.05) is 19.8 Å². The maximum Gasteiger partial charge on any atom is 0.0931 e. The average Bonchev–Trinajstić information content (AvgIpc) is 1.89. The summed E-state index contributed by atoms with van der Waals surface area (Å²) in [7, 11) is 0. The van der Waals surface area contributed by atoms with Gasteiger partial charge < -0.3 is 10.4 Å². The van der Waals surface area contributed by atoms with Crippen LogP contribution in [0, 0.1) is 0 Å². The van der Waals surface area contributed by atoms with E-state index < -0.39 is 0 Å². The normalized spacial score (nSPS) is 9.40. The maximum atomic E-state index is 8.35. The summed E-state index contributed by atoms with van der Waals surface area (Å²) in [5, 5.41) is 14.2. The first-order valence-corrected chi connectivity index (χ1v) is 3.54. The number of nitrogens with one attached hydrogen (secondary N) is 2. The van der Waals surface area contributed by atoms with Crippen LogP contribution in [0.3, 0.4) is 0 Å². The molecule has 0 aliphatic heterocycles. The number of hydrogen-bond donors (Lipinski definition) is 3. The molecule has 0 aliphatic carbocycles. The third-order valence-corrected chi connectivity index (χ3v) is 1.14. The number of rotatable bonds is 6. The minimum Gasteiger partial charge on any atom is -0.389 e. The summed E-state index contributed by atoms with van der Waals surface area (Å²) in [5.41, 5.74) is 1.02. The van der Waals surface area contributed by atoms with Gasteiger partial charge in [-0.3, -0.25) is 5.32 Å². The van der Waals surface area contributed by atoms with E-state index in [2.05, 4.69) is 17.2 Å². The molecule has 0 saturated heterocycles. The summed E-state index contributed by atoms with van der Waals surface area (Å²) >= 11 is 0. The Bertz CT molecular complexity index is 93.6. The van der Waals surface area contributed by atoms with Crippen LogP contribution in [-0.4, -0.2) is 24.9 Å². The predicted octanol–water partition coefficient (Wildman–Crippen LogP) is 0.0391. The minimum absolute atomic E-state index is 0.0411. The van der Waals surface area contributed by atoms with Crippen molar-refractivity contribution < 1.29 is 5.11 Å². The molecule has 10 heavy (non-hydrogen) atoms. The second-order valence-electron chi connectivity index (χ2n) is 2.04. The van der Waals surface area contributed by atoms with Crippen LogP contribution in [0.1, 0.15) is 13.3 Å². The fraction of sp³-hybridized carbons (Fsp3) is 0.714. The highest BCUT2D eigenvalue weighted by atomic mass is 16.3. The van der Waals surface area contributed by atoms with Crippen LogP contribution >= 0.6 is 0 Å². The highest BCUT2D eigenvalue weighted by molar-refractivity contribution is 4.90. The molecule has 0 atom stereocenters. The van der Waals surface area contributed by atoms with Gasteiger partial charge >= 0.3 is 0 Å². The molecule has 0 fully saturated rings. The lowest BCUT2D eigenvalue weighted by Crippen LogP contribution is -2.20. The summed E-state index contributed by atoms with van der Waals surface area (Å²) < 4.78 is 0. The lowest BCUT2D eigenvalue weighted by Gasteiger charge is -2.05. The highest BCUT2D eigenvalue weighted by Crippen LogP contribution is 1.88. The quantitative estimate of drug-likeness (QED) is 0.364. The summed E-state index contributed by atoms with van der Waals surface area (Å²) in [6.07, 6.45) is 0.869. The van der Waals surface area contributed by atoms with Crippen molar-refractivity contribution in [2.24, 2.45) is 0 Å². The van der Waals surface area contributed by atoms with Gasteiger partial charge in [-0.25, -0.2) is 0 Å². The molecule has 3 N–H and O–H groups in total. The molecule has 3 heteroatoms. The number of aliphatic hydroxyl groups is 1. The third-order valence-electron chi connectivity index (χ3n) is 1.14. The first-order chi connectivity index (χ1) is 4.81. The molecule has 0 bridgehead atoms. The maximum absolute atomic E-state index is 8.35. The Kier molecular flexibility index (Phi) is 6.22. The first kappa shape index (κ1) is 9.46. The molecule has 0 aliphatic rings. The molecule has 0 aromatic carbocycles. The van der Waals surface area contributed by atoms with E-state index in [1.807, 2.05) is 6.92 Å². The molecule has 3 nitrogen and oxygen atoms in total. The van der Waals surface area contributed by atoms with Gasteiger partial charge in [0.25, 0.3) is 0 Å². The smallest absolute Gasteiger partial charge is 0.0931 e. The fourth-order valence-electron chi connectivity index (χ4n) is 0.657. The van der Waals surface area contributed by atoms with E-state index >= 15 is 0 Å². The van der Waals surface area contributed by atoms with Gasteiger partial charge in [-0.05, 0) is 13.3 Å². The second-order valence-corrected chi connectivity index (χ2v) is 2.04. The topological polar surface area (TPSA) is 44.3 Å². The summed E-state index contributed by atoms with van der Waals surface area (Å²) in [4.78, 5) is 0. The van der Waals surface area contributed by atoms with Gasteiger partial charge in [-0.15, -0.1) is 0 Å². The van der Waals surface area contributed by atoms with E-state index in [9.17, 15) is 0 Å². The molecular weight excluding hydrogens is 128 g/mol. The number of aliphatic hydroxyl groups excluding tert-OH is 1. The van der Waals surface area contributed by atoms with Gasteiger partial charge in [0.15, 0.2) is 0 Å². The molecule has 0 radical (unpaired) electrons. The predicted molar refractivity (Wildman–Crippen MR) is 42.5 cm³/mol. The van der Waals surface area contributed by atoms with Crippen LogP contribution in [0.5, 0.6) is 0 Å². The van der Waals surface area contributed by atoms with Gasteiger partial charge in [-0.1, -0.05) is 6.58 Å².